The van der Waals surface area contributed by atoms with Crippen LogP contribution in [-0.2, 0) is 6.54 Å². The second-order valence-electron chi connectivity index (χ2n) is 4.29. The van der Waals surface area contributed by atoms with Gasteiger partial charge >= 0.3 is 0 Å². The molecule has 0 unspecified atom stereocenters. The Hall–Kier alpha value is -2.62. The number of carbonyl (C=O) groups excluding carboxylic acids is 1. The number of pyridine rings is 1. The van der Waals surface area contributed by atoms with Gasteiger partial charge in [-0.05, 0) is 23.8 Å². The number of rotatable bonds is 3. The minimum absolute atomic E-state index is 0.123. The highest BCUT2D eigenvalue weighted by molar-refractivity contribution is 5.96. The highest BCUT2D eigenvalue weighted by atomic mass is 16.1. The average molecular weight is 251 g/mol. The minimum atomic E-state index is -0.123. The number of hydrogen-bond donors (Lipinski definition) is 2. The zero-order valence-electron chi connectivity index (χ0n) is 10.3. The van der Waals surface area contributed by atoms with E-state index in [1.54, 1.807) is 12.3 Å². The number of H-pyrrole nitrogens is 1. The van der Waals surface area contributed by atoms with E-state index >= 15 is 0 Å². The van der Waals surface area contributed by atoms with Crippen LogP contribution in [-0.4, -0.2) is 15.9 Å². The fraction of sp³-hybridized carbons (Fsp3) is 0.0667. The maximum Gasteiger partial charge on any atom is 0.268 e. The van der Waals surface area contributed by atoms with Gasteiger partial charge in [0.15, 0.2) is 0 Å². The molecule has 4 heteroatoms. The fourth-order valence-corrected chi connectivity index (χ4v) is 1.95. The summed E-state index contributed by atoms with van der Waals surface area (Å²) in [4.78, 5) is 19.3. The SMILES string of the molecule is O=C(NCc1ccccc1)c1cc2ncccc2[nH]1. The lowest BCUT2D eigenvalue weighted by atomic mass is 10.2. The summed E-state index contributed by atoms with van der Waals surface area (Å²) in [6.45, 7) is 0.516. The van der Waals surface area contributed by atoms with E-state index in [0.717, 1.165) is 16.6 Å². The highest BCUT2D eigenvalue weighted by Gasteiger charge is 2.09. The summed E-state index contributed by atoms with van der Waals surface area (Å²) in [7, 11) is 0. The Bertz CT molecular complexity index is 670. The molecule has 3 aromatic rings. The van der Waals surface area contributed by atoms with Crippen LogP contribution in [0.4, 0.5) is 0 Å². The molecule has 0 saturated carbocycles. The molecule has 1 aromatic carbocycles. The smallest absolute Gasteiger partial charge is 0.268 e. The molecular formula is C15H13N3O. The third-order valence-electron chi connectivity index (χ3n) is 2.93. The first-order valence-electron chi connectivity index (χ1n) is 6.09. The normalized spacial score (nSPS) is 10.5. The van der Waals surface area contributed by atoms with Crippen molar-refractivity contribution in [3.05, 3.63) is 66.0 Å². The van der Waals surface area contributed by atoms with Crippen molar-refractivity contribution in [3.63, 3.8) is 0 Å². The Kier molecular flexibility index (Phi) is 2.98. The van der Waals surface area contributed by atoms with Gasteiger partial charge in [-0.15, -0.1) is 0 Å². The molecule has 94 valence electrons. The highest BCUT2D eigenvalue weighted by Crippen LogP contribution is 2.11. The molecule has 3 rings (SSSR count). The van der Waals surface area contributed by atoms with Gasteiger partial charge in [0, 0.05) is 12.7 Å². The number of nitrogens with zero attached hydrogens (tertiary/aromatic N) is 1. The first-order chi connectivity index (χ1) is 9.33. The van der Waals surface area contributed by atoms with Gasteiger partial charge in [0.1, 0.15) is 5.69 Å². The lowest BCUT2D eigenvalue weighted by Gasteiger charge is -2.03. The summed E-state index contributed by atoms with van der Waals surface area (Å²) in [6.07, 6.45) is 1.71. The number of nitrogens with one attached hydrogen (secondary N) is 2. The van der Waals surface area contributed by atoms with Crippen LogP contribution in [0.2, 0.25) is 0 Å². The Morgan fingerprint density at radius 3 is 2.79 bits per heavy atom. The summed E-state index contributed by atoms with van der Waals surface area (Å²) in [6, 6.07) is 15.3. The molecule has 1 amide bonds. The second-order valence-corrected chi connectivity index (χ2v) is 4.29. The number of benzene rings is 1. The molecule has 0 aliphatic heterocycles. The van der Waals surface area contributed by atoms with Crippen LogP contribution in [0, 0.1) is 0 Å². The van der Waals surface area contributed by atoms with Gasteiger partial charge in [-0.3, -0.25) is 9.78 Å². The molecule has 0 aliphatic carbocycles. The van der Waals surface area contributed by atoms with E-state index in [1.807, 2.05) is 42.5 Å². The molecule has 0 spiro atoms. The molecule has 0 radical (unpaired) electrons. The molecule has 2 N–H and O–H groups in total. The maximum atomic E-state index is 12.0. The van der Waals surface area contributed by atoms with Crippen molar-refractivity contribution < 1.29 is 4.79 Å². The number of amides is 1. The van der Waals surface area contributed by atoms with Gasteiger partial charge in [0.25, 0.3) is 5.91 Å². The number of hydrogen-bond acceptors (Lipinski definition) is 2. The van der Waals surface area contributed by atoms with Crippen LogP contribution in [0.5, 0.6) is 0 Å². The van der Waals surface area contributed by atoms with Crippen LogP contribution < -0.4 is 5.32 Å². The monoisotopic (exact) mass is 251 g/mol. The molecule has 0 atom stereocenters. The van der Waals surface area contributed by atoms with E-state index in [9.17, 15) is 4.79 Å². The third kappa shape index (κ3) is 2.47. The van der Waals surface area contributed by atoms with Gasteiger partial charge in [0.2, 0.25) is 0 Å². The predicted molar refractivity (Wildman–Crippen MR) is 73.7 cm³/mol. The topological polar surface area (TPSA) is 57.8 Å². The summed E-state index contributed by atoms with van der Waals surface area (Å²) in [5.41, 5.74) is 3.27. The predicted octanol–water partition coefficient (Wildman–Crippen LogP) is 2.49. The van der Waals surface area contributed by atoms with E-state index in [4.69, 9.17) is 0 Å². The van der Waals surface area contributed by atoms with Crippen LogP contribution >= 0.6 is 0 Å². The van der Waals surface area contributed by atoms with Gasteiger partial charge in [-0.25, -0.2) is 0 Å². The number of carbonyl (C=O) groups is 1. The lowest BCUT2D eigenvalue weighted by Crippen LogP contribution is -2.22. The second kappa shape index (κ2) is 4.94. The largest absolute Gasteiger partial charge is 0.349 e. The summed E-state index contributed by atoms with van der Waals surface area (Å²) in [5.74, 6) is -0.123. The first kappa shape index (κ1) is 11.5. The van der Waals surface area contributed by atoms with E-state index in [0.29, 0.717) is 12.2 Å². The molecule has 0 fully saturated rings. The third-order valence-corrected chi connectivity index (χ3v) is 2.93. The van der Waals surface area contributed by atoms with Crippen LogP contribution in [0.1, 0.15) is 16.1 Å². The molecule has 0 bridgehead atoms. The van der Waals surface area contributed by atoms with Crippen molar-refractivity contribution in [2.75, 3.05) is 0 Å². The van der Waals surface area contributed by atoms with Gasteiger partial charge in [-0.2, -0.15) is 0 Å². The molecule has 19 heavy (non-hydrogen) atoms. The molecule has 0 saturated heterocycles. The molecule has 4 nitrogen and oxygen atoms in total. The van der Waals surface area contributed by atoms with Crippen LogP contribution in [0.3, 0.4) is 0 Å². The quantitative estimate of drug-likeness (QED) is 0.751. The van der Waals surface area contributed by atoms with Crippen LogP contribution in [0.15, 0.2) is 54.7 Å². The van der Waals surface area contributed by atoms with Crippen molar-refractivity contribution in [1.82, 2.24) is 15.3 Å². The molecule has 2 aromatic heterocycles. The van der Waals surface area contributed by atoms with E-state index in [2.05, 4.69) is 15.3 Å². The van der Waals surface area contributed by atoms with E-state index in [1.165, 1.54) is 0 Å². The van der Waals surface area contributed by atoms with E-state index in [-0.39, 0.29) is 5.91 Å². The molecular weight excluding hydrogens is 238 g/mol. The van der Waals surface area contributed by atoms with Gasteiger partial charge < -0.3 is 10.3 Å². The fourth-order valence-electron chi connectivity index (χ4n) is 1.95. The van der Waals surface area contributed by atoms with Crippen molar-refractivity contribution in [1.29, 1.82) is 0 Å². The van der Waals surface area contributed by atoms with Crippen molar-refractivity contribution in [2.45, 2.75) is 6.54 Å². The number of aromatic amines is 1. The Labute approximate surface area is 110 Å². The number of aromatic nitrogens is 2. The van der Waals surface area contributed by atoms with Crippen molar-refractivity contribution in [3.8, 4) is 0 Å². The summed E-state index contributed by atoms with van der Waals surface area (Å²) < 4.78 is 0. The van der Waals surface area contributed by atoms with Crippen molar-refractivity contribution >= 4 is 16.9 Å². The summed E-state index contributed by atoms with van der Waals surface area (Å²) >= 11 is 0. The maximum absolute atomic E-state index is 12.0. The van der Waals surface area contributed by atoms with Crippen molar-refractivity contribution in [2.24, 2.45) is 0 Å². The average Bonchev–Trinajstić information content (AvgIpc) is 2.90. The molecule has 2 heterocycles. The zero-order chi connectivity index (χ0) is 13.1. The first-order valence-corrected chi connectivity index (χ1v) is 6.09. The zero-order valence-corrected chi connectivity index (χ0v) is 10.3. The lowest BCUT2D eigenvalue weighted by molar-refractivity contribution is 0.0947. The van der Waals surface area contributed by atoms with Crippen LogP contribution in [0.25, 0.3) is 11.0 Å². The number of fused-ring (bicyclic) bond motifs is 1. The Morgan fingerprint density at radius 2 is 2.00 bits per heavy atom. The Balaban J connectivity index is 1.73. The summed E-state index contributed by atoms with van der Waals surface area (Å²) in [5, 5.41) is 2.88. The van der Waals surface area contributed by atoms with E-state index < -0.39 is 0 Å². The standard InChI is InChI=1S/C15H13N3O/c19-15(17-10-11-5-2-1-3-6-11)14-9-13-12(18-14)7-4-8-16-13/h1-9,18H,10H2,(H,17,19). The van der Waals surface area contributed by atoms with Gasteiger partial charge in [-0.1, -0.05) is 30.3 Å². The Morgan fingerprint density at radius 1 is 1.16 bits per heavy atom. The minimum Gasteiger partial charge on any atom is -0.349 e. The van der Waals surface area contributed by atoms with Gasteiger partial charge in [0.05, 0.1) is 11.0 Å². The molecule has 0 aliphatic rings.